The minimum Gasteiger partial charge on any atom is -0.360 e. The lowest BCUT2D eigenvalue weighted by atomic mass is 9.73. The number of rotatable bonds is 2. The second kappa shape index (κ2) is 5.33. The van der Waals surface area contributed by atoms with Crippen molar-refractivity contribution < 1.29 is 14.1 Å². The normalized spacial score (nSPS) is 27.3. The minimum absolute atomic E-state index is 0.125. The lowest BCUT2D eigenvalue weighted by Crippen LogP contribution is -2.31. The monoisotopic (exact) mass is 310 g/mol. The highest BCUT2D eigenvalue weighted by molar-refractivity contribution is 6.21. The van der Waals surface area contributed by atoms with Gasteiger partial charge in [-0.1, -0.05) is 35.5 Å². The van der Waals surface area contributed by atoms with Crippen molar-refractivity contribution >= 4 is 17.6 Å². The summed E-state index contributed by atoms with van der Waals surface area (Å²) in [4.78, 5) is 26.6. The first-order chi connectivity index (χ1) is 11.1. The number of hydrogen-bond acceptors (Lipinski definition) is 4. The van der Waals surface area contributed by atoms with E-state index in [4.69, 9.17) is 4.52 Å². The van der Waals surface area contributed by atoms with Gasteiger partial charge in [-0.25, -0.2) is 4.90 Å². The van der Waals surface area contributed by atoms with Gasteiger partial charge in [-0.15, -0.1) is 0 Å². The molecule has 2 amide bonds. The maximum Gasteiger partial charge on any atom is 0.239 e. The first-order valence-corrected chi connectivity index (χ1v) is 8.01. The Kier molecular flexibility index (Phi) is 3.29. The highest BCUT2D eigenvalue weighted by atomic mass is 16.5. The van der Waals surface area contributed by atoms with Gasteiger partial charge >= 0.3 is 0 Å². The number of carbonyl (C=O) groups is 2. The molecule has 1 saturated carbocycles. The predicted molar refractivity (Wildman–Crippen MR) is 83.7 cm³/mol. The Bertz CT molecular complexity index is 753. The van der Waals surface area contributed by atoms with E-state index in [0.29, 0.717) is 17.5 Å². The molecule has 1 aliphatic heterocycles. The van der Waals surface area contributed by atoms with Crippen LogP contribution < -0.4 is 4.90 Å². The smallest absolute Gasteiger partial charge is 0.239 e. The van der Waals surface area contributed by atoms with Crippen molar-refractivity contribution in [3.05, 3.63) is 47.7 Å². The third-order valence-corrected chi connectivity index (χ3v) is 5.04. The van der Waals surface area contributed by atoms with E-state index in [1.54, 1.807) is 13.0 Å². The zero-order valence-electron chi connectivity index (χ0n) is 12.9. The van der Waals surface area contributed by atoms with Crippen LogP contribution in [0.4, 0.5) is 5.82 Å². The first-order valence-electron chi connectivity index (χ1n) is 8.01. The third kappa shape index (κ3) is 2.27. The van der Waals surface area contributed by atoms with Gasteiger partial charge in [0.1, 0.15) is 5.76 Å². The van der Waals surface area contributed by atoms with Crippen LogP contribution in [-0.4, -0.2) is 17.0 Å². The summed E-state index contributed by atoms with van der Waals surface area (Å²) in [5.74, 6) is 0.556. The van der Waals surface area contributed by atoms with Crippen molar-refractivity contribution in [2.45, 2.75) is 32.1 Å². The van der Waals surface area contributed by atoms with Crippen molar-refractivity contribution in [2.75, 3.05) is 4.90 Å². The van der Waals surface area contributed by atoms with Gasteiger partial charge in [-0.05, 0) is 37.7 Å². The van der Waals surface area contributed by atoms with Crippen molar-refractivity contribution in [1.29, 1.82) is 0 Å². The number of imide groups is 1. The Morgan fingerprint density at radius 3 is 2.52 bits per heavy atom. The van der Waals surface area contributed by atoms with Crippen LogP contribution in [0.1, 0.15) is 36.5 Å². The second-order valence-corrected chi connectivity index (χ2v) is 6.44. The summed E-state index contributed by atoms with van der Waals surface area (Å²) in [6, 6.07) is 11.9. The van der Waals surface area contributed by atoms with Crippen LogP contribution in [0.3, 0.4) is 0 Å². The molecule has 2 fully saturated rings. The van der Waals surface area contributed by atoms with E-state index in [-0.39, 0.29) is 23.7 Å². The van der Waals surface area contributed by atoms with Gasteiger partial charge in [0.15, 0.2) is 5.82 Å². The molecule has 0 N–H and O–H groups in total. The number of amides is 2. The van der Waals surface area contributed by atoms with E-state index in [1.165, 1.54) is 10.5 Å². The van der Waals surface area contributed by atoms with Crippen LogP contribution in [0, 0.1) is 18.8 Å². The van der Waals surface area contributed by atoms with E-state index < -0.39 is 0 Å². The summed E-state index contributed by atoms with van der Waals surface area (Å²) in [7, 11) is 0. The van der Waals surface area contributed by atoms with Crippen molar-refractivity contribution in [1.82, 2.24) is 5.16 Å². The fraction of sp³-hybridized carbons (Fsp3) is 0.389. The molecule has 3 atom stereocenters. The van der Waals surface area contributed by atoms with Gasteiger partial charge in [0.05, 0.1) is 11.8 Å². The van der Waals surface area contributed by atoms with Gasteiger partial charge in [-0.2, -0.15) is 0 Å². The molecule has 1 aromatic heterocycles. The highest BCUT2D eigenvalue weighted by Crippen LogP contribution is 2.45. The van der Waals surface area contributed by atoms with Crippen molar-refractivity contribution in [3.63, 3.8) is 0 Å². The molecule has 0 spiro atoms. The second-order valence-electron chi connectivity index (χ2n) is 6.44. The molecule has 23 heavy (non-hydrogen) atoms. The summed E-state index contributed by atoms with van der Waals surface area (Å²) in [6.45, 7) is 1.75. The SMILES string of the molecule is Cc1cc(N2C(=O)[C@H]3C[C@@H](c4ccccc4)CC[C@H]3C2=O)no1. The molecule has 1 aliphatic carbocycles. The largest absolute Gasteiger partial charge is 0.360 e. The zero-order chi connectivity index (χ0) is 16.0. The number of fused-ring (bicyclic) bond motifs is 1. The van der Waals surface area contributed by atoms with Crippen LogP contribution in [0.2, 0.25) is 0 Å². The minimum atomic E-state index is -0.238. The van der Waals surface area contributed by atoms with Crippen LogP contribution in [-0.2, 0) is 9.59 Å². The summed E-state index contributed by atoms with van der Waals surface area (Å²) >= 11 is 0. The number of benzene rings is 1. The maximum atomic E-state index is 12.8. The average Bonchev–Trinajstić information content (AvgIpc) is 3.10. The van der Waals surface area contributed by atoms with Gasteiger partial charge in [0, 0.05) is 6.07 Å². The van der Waals surface area contributed by atoms with E-state index >= 15 is 0 Å². The predicted octanol–water partition coefficient (Wildman–Crippen LogP) is 3.06. The molecule has 4 rings (SSSR count). The molecule has 1 saturated heterocycles. The number of anilines is 1. The maximum absolute atomic E-state index is 12.8. The number of hydrogen-bond donors (Lipinski definition) is 0. The van der Waals surface area contributed by atoms with E-state index in [2.05, 4.69) is 17.3 Å². The van der Waals surface area contributed by atoms with Crippen LogP contribution in [0.5, 0.6) is 0 Å². The molecule has 0 bridgehead atoms. The molecule has 2 aromatic rings. The quantitative estimate of drug-likeness (QED) is 0.800. The van der Waals surface area contributed by atoms with Gasteiger partial charge in [0.2, 0.25) is 11.8 Å². The molecule has 2 heterocycles. The molecule has 1 aromatic carbocycles. The molecule has 118 valence electrons. The molecule has 0 unspecified atom stereocenters. The Morgan fingerprint density at radius 2 is 1.83 bits per heavy atom. The summed E-state index contributed by atoms with van der Waals surface area (Å²) in [5.41, 5.74) is 1.25. The molecular weight excluding hydrogens is 292 g/mol. The lowest BCUT2D eigenvalue weighted by Gasteiger charge is -2.28. The number of carbonyl (C=O) groups excluding carboxylic acids is 2. The van der Waals surface area contributed by atoms with E-state index in [9.17, 15) is 9.59 Å². The van der Waals surface area contributed by atoms with E-state index in [0.717, 1.165) is 19.3 Å². The van der Waals surface area contributed by atoms with Crippen LogP contribution in [0.25, 0.3) is 0 Å². The summed E-state index contributed by atoms with van der Waals surface area (Å²) in [5, 5.41) is 3.84. The topological polar surface area (TPSA) is 63.4 Å². The first kappa shape index (κ1) is 14.2. The van der Waals surface area contributed by atoms with Crippen molar-refractivity contribution in [2.24, 2.45) is 11.8 Å². The summed E-state index contributed by atoms with van der Waals surface area (Å²) in [6.07, 6.45) is 2.42. The Labute approximate surface area is 134 Å². The lowest BCUT2D eigenvalue weighted by molar-refractivity contribution is -0.122. The average molecular weight is 310 g/mol. The molecule has 2 aliphatic rings. The van der Waals surface area contributed by atoms with Gasteiger partial charge in [0.25, 0.3) is 0 Å². The fourth-order valence-electron chi connectivity index (χ4n) is 3.89. The van der Waals surface area contributed by atoms with Gasteiger partial charge < -0.3 is 4.52 Å². The Morgan fingerprint density at radius 1 is 1.09 bits per heavy atom. The Hall–Kier alpha value is -2.43. The molecule has 5 nitrogen and oxygen atoms in total. The van der Waals surface area contributed by atoms with Gasteiger partial charge in [-0.3, -0.25) is 9.59 Å². The van der Waals surface area contributed by atoms with Crippen molar-refractivity contribution in [3.8, 4) is 0 Å². The fourth-order valence-corrected chi connectivity index (χ4v) is 3.89. The van der Waals surface area contributed by atoms with Crippen LogP contribution in [0.15, 0.2) is 40.9 Å². The molecular formula is C18H18N2O3. The zero-order valence-corrected chi connectivity index (χ0v) is 12.9. The van der Waals surface area contributed by atoms with Crippen LogP contribution >= 0.6 is 0 Å². The number of aryl methyl sites for hydroxylation is 1. The van der Waals surface area contributed by atoms with E-state index in [1.807, 2.05) is 18.2 Å². The molecule has 0 radical (unpaired) electrons. The number of nitrogens with zero attached hydrogens (tertiary/aromatic N) is 2. The third-order valence-electron chi connectivity index (χ3n) is 5.04. The Balaban J connectivity index is 1.60. The molecule has 5 heteroatoms. The highest BCUT2D eigenvalue weighted by Gasteiger charge is 2.51. The summed E-state index contributed by atoms with van der Waals surface area (Å²) < 4.78 is 5.02. The standard InChI is InChI=1S/C18H18N2O3/c1-11-9-16(19-23-11)20-17(21)14-8-7-13(10-15(14)18(20)22)12-5-3-2-4-6-12/h2-6,9,13-15H,7-8,10H2,1H3/t13-,14+,15-/m0/s1. The number of aromatic nitrogens is 1.